The highest BCUT2D eigenvalue weighted by Crippen LogP contribution is 2.32. The highest BCUT2D eigenvalue weighted by atomic mass is 79.9. The molecule has 1 atom stereocenters. The average molecular weight is 359 g/mol. The second-order valence-electron chi connectivity index (χ2n) is 4.31. The number of hydrogen-bond acceptors (Lipinski definition) is 4. The fourth-order valence-electron chi connectivity index (χ4n) is 2.17. The number of benzene rings is 1. The van der Waals surface area contributed by atoms with Crippen LogP contribution in [-0.2, 0) is 4.79 Å². The molecule has 1 aromatic carbocycles. The summed E-state index contributed by atoms with van der Waals surface area (Å²) in [6.07, 6.45) is 0.417. The molecule has 1 aliphatic rings. The number of nitrogens with zero attached hydrogens (tertiary/aromatic N) is 3. The Morgan fingerprint density at radius 3 is 2.89 bits per heavy atom. The SMILES string of the molecule is O=C1CC(S)CN1c1nc(Cl)nc2c(Br)cccc12. The predicted octanol–water partition coefficient (Wildman–Crippen LogP) is 3.08. The Kier molecular flexibility index (Phi) is 3.41. The van der Waals surface area contributed by atoms with Gasteiger partial charge in [-0.2, -0.15) is 17.6 Å². The van der Waals surface area contributed by atoms with Crippen molar-refractivity contribution >= 4 is 62.8 Å². The van der Waals surface area contributed by atoms with Crippen molar-refractivity contribution in [2.75, 3.05) is 11.4 Å². The van der Waals surface area contributed by atoms with E-state index in [0.29, 0.717) is 24.3 Å². The molecule has 1 unspecified atom stereocenters. The number of rotatable bonds is 1. The molecule has 1 amide bonds. The van der Waals surface area contributed by atoms with Crippen molar-refractivity contribution < 1.29 is 4.79 Å². The van der Waals surface area contributed by atoms with Gasteiger partial charge in [0, 0.05) is 28.1 Å². The zero-order chi connectivity index (χ0) is 13.6. The molecule has 1 aromatic heterocycles. The second-order valence-corrected chi connectivity index (χ2v) is 6.24. The third-order valence-corrected chi connectivity index (χ3v) is 4.15. The maximum absolute atomic E-state index is 12.0. The van der Waals surface area contributed by atoms with E-state index in [9.17, 15) is 4.79 Å². The minimum absolute atomic E-state index is 0.0102. The Hall–Kier alpha value is -0.850. The third kappa shape index (κ3) is 2.32. The van der Waals surface area contributed by atoms with Crippen LogP contribution in [-0.4, -0.2) is 27.7 Å². The van der Waals surface area contributed by atoms with Crippen molar-refractivity contribution in [2.45, 2.75) is 11.7 Å². The summed E-state index contributed by atoms with van der Waals surface area (Å²) < 4.78 is 0.824. The summed E-state index contributed by atoms with van der Waals surface area (Å²) in [5, 5.41) is 0.961. The molecule has 1 aliphatic heterocycles. The number of aromatic nitrogens is 2. The number of hydrogen-bond donors (Lipinski definition) is 1. The minimum atomic E-state index is 0.0102. The number of halogens is 2. The Morgan fingerprint density at radius 1 is 1.42 bits per heavy atom. The van der Waals surface area contributed by atoms with Gasteiger partial charge >= 0.3 is 0 Å². The lowest BCUT2D eigenvalue weighted by atomic mass is 10.2. The molecule has 0 N–H and O–H groups in total. The number of carbonyl (C=O) groups excluding carboxylic acids is 1. The van der Waals surface area contributed by atoms with Crippen molar-refractivity contribution in [2.24, 2.45) is 0 Å². The van der Waals surface area contributed by atoms with Crippen LogP contribution in [0.5, 0.6) is 0 Å². The van der Waals surface area contributed by atoms with Gasteiger partial charge in [0.05, 0.1) is 5.52 Å². The summed E-state index contributed by atoms with van der Waals surface area (Å²) in [5.74, 6) is 0.564. The summed E-state index contributed by atoms with van der Waals surface area (Å²) in [6.45, 7) is 0.539. The van der Waals surface area contributed by atoms with Crippen LogP contribution in [0, 0.1) is 0 Å². The zero-order valence-electron chi connectivity index (χ0n) is 9.68. The smallest absolute Gasteiger partial charge is 0.229 e. The van der Waals surface area contributed by atoms with Crippen LogP contribution < -0.4 is 4.90 Å². The van der Waals surface area contributed by atoms with E-state index in [4.69, 9.17) is 11.6 Å². The molecule has 0 spiro atoms. The average Bonchev–Trinajstić information content (AvgIpc) is 2.69. The number of fused-ring (bicyclic) bond motifs is 1. The van der Waals surface area contributed by atoms with Gasteiger partial charge in [0.1, 0.15) is 5.82 Å². The largest absolute Gasteiger partial charge is 0.295 e. The van der Waals surface area contributed by atoms with Gasteiger partial charge in [-0.05, 0) is 39.7 Å². The van der Waals surface area contributed by atoms with E-state index in [1.165, 1.54) is 0 Å². The van der Waals surface area contributed by atoms with E-state index in [1.807, 2.05) is 18.2 Å². The standard InChI is InChI=1S/C12H9BrClN3OS/c13-8-3-1-2-7-10(8)15-12(14)16-11(7)17-5-6(19)4-9(17)18/h1-3,6,19H,4-5H2. The molecule has 19 heavy (non-hydrogen) atoms. The quantitative estimate of drug-likeness (QED) is 0.629. The fourth-order valence-corrected chi connectivity index (χ4v) is 3.11. The monoisotopic (exact) mass is 357 g/mol. The van der Waals surface area contributed by atoms with Gasteiger partial charge in [0.2, 0.25) is 11.2 Å². The van der Waals surface area contributed by atoms with Gasteiger partial charge in [0.15, 0.2) is 0 Å². The second kappa shape index (κ2) is 4.92. The number of anilines is 1. The molecular weight excluding hydrogens is 350 g/mol. The lowest BCUT2D eigenvalue weighted by molar-refractivity contribution is -0.117. The van der Waals surface area contributed by atoms with Gasteiger partial charge < -0.3 is 0 Å². The van der Waals surface area contributed by atoms with Crippen molar-refractivity contribution in [3.8, 4) is 0 Å². The van der Waals surface area contributed by atoms with Crippen LogP contribution >= 0.6 is 40.2 Å². The highest BCUT2D eigenvalue weighted by molar-refractivity contribution is 9.10. The Morgan fingerprint density at radius 2 is 2.21 bits per heavy atom. The predicted molar refractivity (Wildman–Crippen MR) is 82.0 cm³/mol. The van der Waals surface area contributed by atoms with Crippen LogP contribution in [0.25, 0.3) is 10.9 Å². The van der Waals surface area contributed by atoms with Crippen LogP contribution in [0.2, 0.25) is 5.28 Å². The van der Waals surface area contributed by atoms with Gasteiger partial charge in [0.25, 0.3) is 0 Å². The van der Waals surface area contributed by atoms with Crippen LogP contribution in [0.3, 0.4) is 0 Å². The van der Waals surface area contributed by atoms with E-state index in [2.05, 4.69) is 38.5 Å². The molecule has 2 heterocycles. The summed E-state index contributed by atoms with van der Waals surface area (Å²) >= 11 is 13.7. The van der Waals surface area contributed by atoms with Crippen molar-refractivity contribution in [3.05, 3.63) is 28.0 Å². The van der Waals surface area contributed by atoms with E-state index < -0.39 is 0 Å². The molecule has 4 nitrogen and oxygen atoms in total. The molecule has 1 fully saturated rings. The van der Waals surface area contributed by atoms with Crippen molar-refractivity contribution in [1.29, 1.82) is 0 Å². The highest BCUT2D eigenvalue weighted by Gasteiger charge is 2.30. The first-order valence-corrected chi connectivity index (χ1v) is 7.35. The van der Waals surface area contributed by atoms with Gasteiger partial charge in [-0.15, -0.1) is 0 Å². The normalized spacial score (nSPS) is 19.4. The number of thiol groups is 1. The Bertz CT molecular complexity index is 681. The van der Waals surface area contributed by atoms with E-state index >= 15 is 0 Å². The van der Waals surface area contributed by atoms with Crippen LogP contribution in [0.4, 0.5) is 5.82 Å². The zero-order valence-corrected chi connectivity index (χ0v) is 12.9. The summed E-state index contributed by atoms with van der Waals surface area (Å²) in [4.78, 5) is 22.0. The first kappa shape index (κ1) is 13.1. The molecule has 0 radical (unpaired) electrons. The topological polar surface area (TPSA) is 46.1 Å². The molecule has 3 rings (SSSR count). The summed E-state index contributed by atoms with van der Waals surface area (Å²) in [5.41, 5.74) is 0.702. The lowest BCUT2D eigenvalue weighted by Gasteiger charge is -2.17. The molecular formula is C12H9BrClN3OS. The summed E-state index contributed by atoms with van der Waals surface area (Å²) in [7, 11) is 0. The fraction of sp³-hybridized carbons (Fsp3) is 0.250. The Balaban J connectivity index is 2.23. The minimum Gasteiger partial charge on any atom is -0.295 e. The van der Waals surface area contributed by atoms with Crippen LogP contribution in [0.15, 0.2) is 22.7 Å². The first-order valence-electron chi connectivity index (χ1n) is 5.66. The van der Waals surface area contributed by atoms with Gasteiger partial charge in [-0.25, -0.2) is 4.98 Å². The van der Waals surface area contributed by atoms with E-state index in [-0.39, 0.29) is 16.4 Å². The molecule has 0 aliphatic carbocycles. The number of para-hydroxylation sites is 1. The van der Waals surface area contributed by atoms with E-state index in [1.54, 1.807) is 4.90 Å². The Labute approximate surface area is 128 Å². The molecule has 1 saturated heterocycles. The number of amides is 1. The maximum Gasteiger partial charge on any atom is 0.229 e. The van der Waals surface area contributed by atoms with Crippen LogP contribution in [0.1, 0.15) is 6.42 Å². The van der Waals surface area contributed by atoms with Gasteiger partial charge in [-0.3, -0.25) is 9.69 Å². The maximum atomic E-state index is 12.0. The number of carbonyl (C=O) groups is 1. The molecule has 0 saturated carbocycles. The first-order chi connectivity index (χ1) is 9.06. The molecule has 7 heteroatoms. The molecule has 98 valence electrons. The molecule has 0 bridgehead atoms. The van der Waals surface area contributed by atoms with Crippen molar-refractivity contribution in [3.63, 3.8) is 0 Å². The summed E-state index contributed by atoms with van der Waals surface area (Å²) in [6, 6.07) is 5.64. The lowest BCUT2D eigenvalue weighted by Crippen LogP contribution is -2.26. The van der Waals surface area contributed by atoms with E-state index in [0.717, 1.165) is 9.86 Å². The van der Waals surface area contributed by atoms with Gasteiger partial charge in [-0.1, -0.05) is 6.07 Å². The third-order valence-electron chi connectivity index (χ3n) is 2.99. The molecule has 2 aromatic rings. The van der Waals surface area contributed by atoms with Crippen molar-refractivity contribution in [1.82, 2.24) is 9.97 Å².